The third-order valence-corrected chi connectivity index (χ3v) is 4.02. The molecule has 2 aromatic carbocycles. The van der Waals surface area contributed by atoms with Gasteiger partial charge in [0.2, 0.25) is 0 Å². The molecular weight excluding hydrogens is 244 g/mol. The second-order valence-electron chi connectivity index (χ2n) is 5.66. The molecule has 104 valence electrons. The van der Waals surface area contributed by atoms with Gasteiger partial charge in [-0.3, -0.25) is 0 Å². The summed E-state index contributed by atoms with van der Waals surface area (Å²) in [7, 11) is 0. The van der Waals surface area contributed by atoms with Crippen molar-refractivity contribution >= 4 is 5.69 Å². The fourth-order valence-corrected chi connectivity index (χ4v) is 2.82. The van der Waals surface area contributed by atoms with E-state index in [9.17, 15) is 0 Å². The third kappa shape index (κ3) is 3.40. The molecule has 3 rings (SSSR count). The van der Waals surface area contributed by atoms with Crippen molar-refractivity contribution in [1.29, 1.82) is 0 Å². The minimum Gasteiger partial charge on any atom is -0.399 e. The van der Waals surface area contributed by atoms with E-state index in [2.05, 4.69) is 47.8 Å². The van der Waals surface area contributed by atoms with Crippen molar-refractivity contribution in [2.75, 3.05) is 12.3 Å². The van der Waals surface area contributed by atoms with E-state index in [0.29, 0.717) is 6.04 Å². The fraction of sp³-hybridized carbons (Fsp3) is 0.333. The summed E-state index contributed by atoms with van der Waals surface area (Å²) < 4.78 is 0. The van der Waals surface area contributed by atoms with Crippen LogP contribution in [0.5, 0.6) is 0 Å². The maximum atomic E-state index is 5.79. The highest BCUT2D eigenvalue weighted by molar-refractivity contribution is 5.40. The molecule has 1 fully saturated rings. The Bertz CT molecular complexity index is 550. The van der Waals surface area contributed by atoms with Crippen LogP contribution in [0, 0.1) is 0 Å². The number of hydrogen-bond acceptors (Lipinski definition) is 2. The van der Waals surface area contributed by atoms with Crippen molar-refractivity contribution in [3.8, 4) is 0 Å². The smallest absolute Gasteiger partial charge is 0.0316 e. The molecule has 0 aliphatic heterocycles. The molecule has 2 unspecified atom stereocenters. The van der Waals surface area contributed by atoms with E-state index in [1.165, 1.54) is 24.0 Å². The molecule has 2 aromatic rings. The Labute approximate surface area is 121 Å². The van der Waals surface area contributed by atoms with E-state index in [0.717, 1.165) is 24.6 Å². The summed E-state index contributed by atoms with van der Waals surface area (Å²) in [4.78, 5) is 0. The first-order valence-corrected chi connectivity index (χ1v) is 7.46. The summed E-state index contributed by atoms with van der Waals surface area (Å²) in [5, 5.41) is 3.66. The fourth-order valence-electron chi connectivity index (χ4n) is 2.82. The van der Waals surface area contributed by atoms with Gasteiger partial charge in [-0.15, -0.1) is 0 Å². The zero-order valence-corrected chi connectivity index (χ0v) is 11.8. The molecule has 3 N–H and O–H groups in total. The third-order valence-electron chi connectivity index (χ3n) is 4.02. The molecule has 0 radical (unpaired) electrons. The summed E-state index contributed by atoms with van der Waals surface area (Å²) in [6.07, 6.45) is 3.55. The van der Waals surface area contributed by atoms with Crippen molar-refractivity contribution in [2.24, 2.45) is 0 Å². The first kappa shape index (κ1) is 13.2. The molecule has 0 saturated heterocycles. The summed E-state index contributed by atoms with van der Waals surface area (Å²) in [6.45, 7) is 1.09. The van der Waals surface area contributed by atoms with Crippen LogP contribution in [0.2, 0.25) is 0 Å². The highest BCUT2D eigenvalue weighted by atomic mass is 15.0. The molecule has 1 saturated carbocycles. The Hall–Kier alpha value is -1.80. The van der Waals surface area contributed by atoms with E-state index in [4.69, 9.17) is 5.73 Å². The predicted octanol–water partition coefficient (Wildman–Crippen LogP) is 3.35. The number of benzene rings is 2. The SMILES string of the molecule is Nc1cccc(CCCNC2CC2c2ccccc2)c1. The van der Waals surface area contributed by atoms with Gasteiger partial charge < -0.3 is 11.1 Å². The van der Waals surface area contributed by atoms with Gasteiger partial charge in [0.15, 0.2) is 0 Å². The van der Waals surface area contributed by atoms with Crippen LogP contribution < -0.4 is 11.1 Å². The number of hydrogen-bond donors (Lipinski definition) is 2. The van der Waals surface area contributed by atoms with Crippen molar-refractivity contribution in [1.82, 2.24) is 5.32 Å². The molecule has 0 spiro atoms. The lowest BCUT2D eigenvalue weighted by Gasteiger charge is -2.05. The van der Waals surface area contributed by atoms with E-state index in [1.54, 1.807) is 0 Å². The molecule has 2 atom stereocenters. The maximum Gasteiger partial charge on any atom is 0.0316 e. The minimum absolute atomic E-state index is 0.679. The Balaban J connectivity index is 1.38. The van der Waals surface area contributed by atoms with Crippen LogP contribution >= 0.6 is 0 Å². The molecule has 1 aliphatic rings. The molecule has 0 bridgehead atoms. The Morgan fingerprint density at radius 2 is 1.90 bits per heavy atom. The molecule has 0 amide bonds. The van der Waals surface area contributed by atoms with Crippen LogP contribution in [-0.2, 0) is 6.42 Å². The quantitative estimate of drug-likeness (QED) is 0.621. The van der Waals surface area contributed by atoms with Crippen molar-refractivity contribution in [2.45, 2.75) is 31.2 Å². The molecule has 1 aliphatic carbocycles. The summed E-state index contributed by atoms with van der Waals surface area (Å²) in [5.41, 5.74) is 9.46. The molecule has 0 aromatic heterocycles. The van der Waals surface area contributed by atoms with Crippen LogP contribution in [0.4, 0.5) is 5.69 Å². The second kappa shape index (κ2) is 6.10. The van der Waals surface area contributed by atoms with Gasteiger partial charge in [0.25, 0.3) is 0 Å². The zero-order chi connectivity index (χ0) is 13.8. The van der Waals surface area contributed by atoms with Crippen LogP contribution in [0.25, 0.3) is 0 Å². The van der Waals surface area contributed by atoms with E-state index < -0.39 is 0 Å². The second-order valence-corrected chi connectivity index (χ2v) is 5.66. The Kier molecular flexibility index (Phi) is 4.03. The molecule has 20 heavy (non-hydrogen) atoms. The Morgan fingerprint density at radius 1 is 1.05 bits per heavy atom. The largest absolute Gasteiger partial charge is 0.399 e. The van der Waals surface area contributed by atoms with E-state index in [1.807, 2.05) is 12.1 Å². The Morgan fingerprint density at radius 3 is 2.70 bits per heavy atom. The van der Waals surface area contributed by atoms with Crippen LogP contribution in [0.3, 0.4) is 0 Å². The highest BCUT2D eigenvalue weighted by Crippen LogP contribution is 2.40. The van der Waals surface area contributed by atoms with Gasteiger partial charge in [-0.05, 0) is 49.1 Å². The molecule has 2 nitrogen and oxygen atoms in total. The topological polar surface area (TPSA) is 38.0 Å². The summed E-state index contributed by atoms with van der Waals surface area (Å²) >= 11 is 0. The van der Waals surface area contributed by atoms with E-state index >= 15 is 0 Å². The average molecular weight is 266 g/mol. The maximum absolute atomic E-state index is 5.79. The minimum atomic E-state index is 0.679. The van der Waals surface area contributed by atoms with Gasteiger partial charge in [0.1, 0.15) is 0 Å². The summed E-state index contributed by atoms with van der Waals surface area (Å²) in [6, 6.07) is 19.7. The zero-order valence-electron chi connectivity index (χ0n) is 11.8. The first-order chi connectivity index (χ1) is 9.83. The number of rotatable bonds is 6. The van der Waals surface area contributed by atoms with Gasteiger partial charge in [-0.1, -0.05) is 42.5 Å². The first-order valence-electron chi connectivity index (χ1n) is 7.46. The predicted molar refractivity (Wildman–Crippen MR) is 84.8 cm³/mol. The van der Waals surface area contributed by atoms with Crippen molar-refractivity contribution in [3.63, 3.8) is 0 Å². The molecule has 0 heterocycles. The number of nitrogens with two attached hydrogens (primary N) is 1. The molecular formula is C18H22N2. The van der Waals surface area contributed by atoms with Crippen molar-refractivity contribution < 1.29 is 0 Å². The van der Waals surface area contributed by atoms with Gasteiger partial charge >= 0.3 is 0 Å². The van der Waals surface area contributed by atoms with Gasteiger partial charge in [-0.2, -0.15) is 0 Å². The number of nitrogen functional groups attached to an aromatic ring is 1. The molecule has 2 heteroatoms. The van der Waals surface area contributed by atoms with Crippen LogP contribution in [0.15, 0.2) is 54.6 Å². The van der Waals surface area contributed by atoms with Gasteiger partial charge in [0, 0.05) is 17.6 Å². The monoisotopic (exact) mass is 266 g/mol. The summed E-state index contributed by atoms with van der Waals surface area (Å²) in [5.74, 6) is 0.726. The normalized spacial score (nSPS) is 20.8. The highest BCUT2D eigenvalue weighted by Gasteiger charge is 2.37. The van der Waals surface area contributed by atoms with Crippen molar-refractivity contribution in [3.05, 3.63) is 65.7 Å². The number of nitrogens with one attached hydrogen (secondary N) is 1. The van der Waals surface area contributed by atoms with Crippen LogP contribution in [0.1, 0.15) is 29.9 Å². The van der Waals surface area contributed by atoms with Crippen LogP contribution in [-0.4, -0.2) is 12.6 Å². The average Bonchev–Trinajstić information content (AvgIpc) is 3.24. The van der Waals surface area contributed by atoms with Gasteiger partial charge in [0.05, 0.1) is 0 Å². The lowest BCUT2D eigenvalue weighted by Crippen LogP contribution is -2.19. The van der Waals surface area contributed by atoms with Gasteiger partial charge in [-0.25, -0.2) is 0 Å². The number of aryl methyl sites for hydroxylation is 1. The standard InChI is InChI=1S/C18H22N2/c19-16-10-4-6-14(12-16)7-5-11-20-18-13-17(18)15-8-2-1-3-9-15/h1-4,6,8-10,12,17-18,20H,5,7,11,13,19H2. The number of anilines is 1. The lowest BCUT2D eigenvalue weighted by molar-refractivity contribution is 0.635. The lowest BCUT2D eigenvalue weighted by atomic mass is 10.1. The van der Waals surface area contributed by atoms with E-state index in [-0.39, 0.29) is 0 Å².